The summed E-state index contributed by atoms with van der Waals surface area (Å²) < 4.78 is 0. The van der Waals surface area contributed by atoms with Gasteiger partial charge in [0.25, 0.3) is 0 Å². The van der Waals surface area contributed by atoms with E-state index in [1.54, 1.807) is 18.2 Å². The minimum Gasteiger partial charge on any atom is -0.396 e. The Hall–Kier alpha value is -1.02. The number of hydrogen-bond acceptors (Lipinski definition) is 6. The van der Waals surface area contributed by atoms with E-state index in [0.29, 0.717) is 23.1 Å². The molecule has 21 heavy (non-hydrogen) atoms. The summed E-state index contributed by atoms with van der Waals surface area (Å²) in [6.07, 6.45) is 0.594. The van der Waals surface area contributed by atoms with Gasteiger partial charge in [-0.05, 0) is 23.1 Å². The first-order chi connectivity index (χ1) is 10.0. The molecule has 0 aliphatic rings. The molecule has 1 rings (SSSR count). The standard InChI is InChI=1S/C9H12O3.C6H14O3/c10-4-7-1-8(5-11)3-9(2-7)6-12;1-2-6(3-7,4-8)5-9/h1-3,10-12H,4-6H2;7-9H,2-5H2,1H3. The summed E-state index contributed by atoms with van der Waals surface area (Å²) in [5.74, 6) is 0. The van der Waals surface area contributed by atoms with Gasteiger partial charge in [-0.2, -0.15) is 0 Å². The van der Waals surface area contributed by atoms with Crippen molar-refractivity contribution in [3.05, 3.63) is 34.9 Å². The molecule has 1 aromatic rings. The van der Waals surface area contributed by atoms with Crippen molar-refractivity contribution >= 4 is 0 Å². The lowest BCUT2D eigenvalue weighted by Gasteiger charge is -2.24. The molecule has 0 bridgehead atoms. The van der Waals surface area contributed by atoms with Gasteiger partial charge in [-0.15, -0.1) is 0 Å². The first-order valence-electron chi connectivity index (χ1n) is 6.81. The molecule has 6 heteroatoms. The van der Waals surface area contributed by atoms with Crippen molar-refractivity contribution in [2.24, 2.45) is 5.41 Å². The largest absolute Gasteiger partial charge is 0.396 e. The average molecular weight is 302 g/mol. The zero-order chi connectivity index (χ0) is 16.3. The van der Waals surface area contributed by atoms with Crippen LogP contribution in [0.4, 0.5) is 0 Å². The summed E-state index contributed by atoms with van der Waals surface area (Å²) in [5.41, 5.74) is 1.47. The van der Waals surface area contributed by atoms with Crippen LogP contribution in [0.5, 0.6) is 0 Å². The van der Waals surface area contributed by atoms with Gasteiger partial charge < -0.3 is 30.6 Å². The summed E-state index contributed by atoms with van der Waals surface area (Å²) in [7, 11) is 0. The van der Waals surface area contributed by atoms with E-state index >= 15 is 0 Å². The van der Waals surface area contributed by atoms with Crippen molar-refractivity contribution in [3.8, 4) is 0 Å². The maximum absolute atomic E-state index is 8.81. The normalized spacial score (nSPS) is 11.0. The van der Waals surface area contributed by atoms with E-state index in [1.807, 2.05) is 6.92 Å². The van der Waals surface area contributed by atoms with E-state index < -0.39 is 5.41 Å². The Morgan fingerprint density at radius 1 is 0.667 bits per heavy atom. The van der Waals surface area contributed by atoms with Gasteiger partial charge in [0.15, 0.2) is 0 Å². The third-order valence-corrected chi connectivity index (χ3v) is 3.42. The predicted molar refractivity (Wildman–Crippen MR) is 78.2 cm³/mol. The Kier molecular flexibility index (Phi) is 10.2. The van der Waals surface area contributed by atoms with Crippen molar-refractivity contribution in [2.75, 3.05) is 19.8 Å². The highest BCUT2D eigenvalue weighted by atomic mass is 16.3. The maximum Gasteiger partial charge on any atom is 0.0682 e. The Morgan fingerprint density at radius 2 is 0.952 bits per heavy atom. The highest BCUT2D eigenvalue weighted by Crippen LogP contribution is 2.18. The summed E-state index contributed by atoms with van der Waals surface area (Å²) in [6, 6.07) is 5.12. The fourth-order valence-electron chi connectivity index (χ4n) is 1.60. The first kappa shape index (κ1) is 20.0. The Bertz CT molecular complexity index is 317. The molecule has 0 saturated carbocycles. The number of aliphatic hydroxyl groups is 6. The van der Waals surface area contributed by atoms with E-state index in [-0.39, 0.29) is 39.6 Å². The van der Waals surface area contributed by atoms with Crippen molar-refractivity contribution < 1.29 is 30.6 Å². The van der Waals surface area contributed by atoms with Crippen LogP contribution < -0.4 is 0 Å². The van der Waals surface area contributed by atoms with E-state index in [4.69, 9.17) is 30.6 Å². The van der Waals surface area contributed by atoms with Crippen LogP contribution in [0, 0.1) is 5.41 Å². The molecule has 0 radical (unpaired) electrons. The van der Waals surface area contributed by atoms with Gasteiger partial charge >= 0.3 is 0 Å². The average Bonchev–Trinajstić information content (AvgIpc) is 2.57. The van der Waals surface area contributed by atoms with E-state index in [2.05, 4.69) is 0 Å². The first-order valence-corrected chi connectivity index (χ1v) is 6.81. The summed E-state index contributed by atoms with van der Waals surface area (Å²) in [6.45, 7) is 1.15. The number of hydrogen-bond donors (Lipinski definition) is 6. The van der Waals surface area contributed by atoms with Gasteiger partial charge in [-0.1, -0.05) is 25.1 Å². The highest BCUT2D eigenvalue weighted by molar-refractivity contribution is 5.29. The quantitative estimate of drug-likeness (QED) is 0.405. The van der Waals surface area contributed by atoms with Crippen molar-refractivity contribution in [1.29, 1.82) is 0 Å². The lowest BCUT2D eigenvalue weighted by Crippen LogP contribution is -2.32. The summed E-state index contributed by atoms with van der Waals surface area (Å²) >= 11 is 0. The van der Waals surface area contributed by atoms with Gasteiger partial charge in [0.05, 0.1) is 39.6 Å². The Balaban J connectivity index is 0.000000400. The van der Waals surface area contributed by atoms with Crippen LogP contribution in [0.25, 0.3) is 0 Å². The van der Waals surface area contributed by atoms with Crippen molar-refractivity contribution in [3.63, 3.8) is 0 Å². The molecule has 0 amide bonds. The zero-order valence-corrected chi connectivity index (χ0v) is 12.4. The molecule has 0 unspecified atom stereocenters. The molecule has 0 heterocycles. The molecule has 6 nitrogen and oxygen atoms in total. The third kappa shape index (κ3) is 6.52. The van der Waals surface area contributed by atoms with Gasteiger partial charge in [0.1, 0.15) is 0 Å². The molecule has 6 N–H and O–H groups in total. The number of rotatable bonds is 7. The van der Waals surface area contributed by atoms with Crippen molar-refractivity contribution in [2.45, 2.75) is 33.2 Å². The molecule has 0 fully saturated rings. The third-order valence-electron chi connectivity index (χ3n) is 3.42. The molecule has 122 valence electrons. The SMILES string of the molecule is CCC(CO)(CO)CO.OCc1cc(CO)cc(CO)c1. The van der Waals surface area contributed by atoms with Gasteiger partial charge in [-0.3, -0.25) is 0 Å². The molecule has 0 aliphatic heterocycles. The molecular formula is C15H26O6. The Morgan fingerprint density at radius 3 is 1.05 bits per heavy atom. The second kappa shape index (κ2) is 10.7. The smallest absolute Gasteiger partial charge is 0.0682 e. The minimum atomic E-state index is -0.667. The molecule has 0 aromatic heterocycles. The van der Waals surface area contributed by atoms with Gasteiger partial charge in [0, 0.05) is 5.41 Å². The second-order valence-electron chi connectivity index (χ2n) is 4.96. The van der Waals surface area contributed by atoms with Gasteiger partial charge in [-0.25, -0.2) is 0 Å². The molecule has 0 atom stereocenters. The fourth-order valence-corrected chi connectivity index (χ4v) is 1.60. The molecule has 0 saturated heterocycles. The summed E-state index contributed by atoms with van der Waals surface area (Å²) in [5, 5.41) is 52.4. The maximum atomic E-state index is 8.81. The number of aliphatic hydroxyl groups excluding tert-OH is 6. The van der Waals surface area contributed by atoms with Gasteiger partial charge in [0.2, 0.25) is 0 Å². The highest BCUT2D eigenvalue weighted by Gasteiger charge is 2.24. The molecule has 1 aromatic carbocycles. The number of benzene rings is 1. The van der Waals surface area contributed by atoms with Crippen LogP contribution in [-0.2, 0) is 19.8 Å². The Labute approximate surface area is 124 Å². The zero-order valence-electron chi connectivity index (χ0n) is 12.4. The van der Waals surface area contributed by atoms with Crippen LogP contribution in [0.15, 0.2) is 18.2 Å². The lowest BCUT2D eigenvalue weighted by atomic mass is 9.88. The molecule has 0 spiro atoms. The monoisotopic (exact) mass is 302 g/mol. The topological polar surface area (TPSA) is 121 Å². The van der Waals surface area contributed by atoms with Crippen LogP contribution >= 0.6 is 0 Å². The lowest BCUT2D eigenvalue weighted by molar-refractivity contribution is 0.00304. The predicted octanol–water partition coefficient (Wildman–Crippen LogP) is -0.477. The van der Waals surface area contributed by atoms with Crippen molar-refractivity contribution in [1.82, 2.24) is 0 Å². The summed E-state index contributed by atoms with van der Waals surface area (Å²) in [4.78, 5) is 0. The fraction of sp³-hybridized carbons (Fsp3) is 0.600. The molecular weight excluding hydrogens is 276 g/mol. The van der Waals surface area contributed by atoms with E-state index in [9.17, 15) is 0 Å². The van der Waals surface area contributed by atoms with Crippen LogP contribution in [0.3, 0.4) is 0 Å². The second-order valence-corrected chi connectivity index (χ2v) is 4.96. The van der Waals surface area contributed by atoms with E-state index in [0.717, 1.165) is 0 Å². The van der Waals surface area contributed by atoms with Crippen LogP contribution in [-0.4, -0.2) is 50.5 Å². The molecule has 0 aliphatic carbocycles. The van der Waals surface area contributed by atoms with Crippen LogP contribution in [0.2, 0.25) is 0 Å². The van der Waals surface area contributed by atoms with Crippen LogP contribution in [0.1, 0.15) is 30.0 Å². The minimum absolute atomic E-state index is 0.0686. The van der Waals surface area contributed by atoms with E-state index in [1.165, 1.54) is 0 Å².